The van der Waals surface area contributed by atoms with Crippen molar-refractivity contribution < 1.29 is 9.53 Å². The van der Waals surface area contributed by atoms with Gasteiger partial charge in [-0.25, -0.2) is 5.43 Å². The molecule has 104 valence electrons. The van der Waals surface area contributed by atoms with E-state index in [1.165, 1.54) is 0 Å². The summed E-state index contributed by atoms with van der Waals surface area (Å²) in [6, 6.07) is 5.27. The Labute approximate surface area is 118 Å². The quantitative estimate of drug-likeness (QED) is 0.665. The number of benzene rings is 1. The second-order valence-electron chi connectivity index (χ2n) is 4.35. The van der Waals surface area contributed by atoms with E-state index < -0.39 is 6.10 Å². The number of rotatable bonds is 5. The Morgan fingerprint density at radius 1 is 1.53 bits per heavy atom. The Kier molecular flexibility index (Phi) is 5.83. The van der Waals surface area contributed by atoms with Crippen molar-refractivity contribution in [3.8, 4) is 5.75 Å². The molecule has 0 aliphatic rings. The highest BCUT2D eigenvalue weighted by Gasteiger charge is 2.15. The zero-order chi connectivity index (χ0) is 14.4. The van der Waals surface area contributed by atoms with Crippen molar-refractivity contribution in [2.24, 2.45) is 5.10 Å². The number of amides is 1. The first kappa shape index (κ1) is 15.5. The highest BCUT2D eigenvalue weighted by Crippen LogP contribution is 2.22. The fraction of sp³-hybridized carbons (Fsp3) is 0.429. The number of halogens is 1. The van der Waals surface area contributed by atoms with Gasteiger partial charge in [-0.15, -0.1) is 0 Å². The third-order valence-electron chi connectivity index (χ3n) is 2.68. The minimum Gasteiger partial charge on any atom is -0.481 e. The van der Waals surface area contributed by atoms with Gasteiger partial charge < -0.3 is 4.74 Å². The van der Waals surface area contributed by atoms with E-state index in [1.54, 1.807) is 25.1 Å². The zero-order valence-corrected chi connectivity index (χ0v) is 12.4. The number of nitrogens with zero attached hydrogens (tertiary/aromatic N) is 1. The Balaban J connectivity index is 2.63. The smallest absolute Gasteiger partial charge is 0.280 e. The molecule has 0 heterocycles. The lowest BCUT2D eigenvalue weighted by atomic mass is 10.2. The molecule has 19 heavy (non-hydrogen) atoms. The van der Waals surface area contributed by atoms with Gasteiger partial charge in [-0.1, -0.05) is 18.5 Å². The lowest BCUT2D eigenvalue weighted by Gasteiger charge is -2.15. The monoisotopic (exact) mass is 282 g/mol. The lowest BCUT2D eigenvalue weighted by Crippen LogP contribution is -2.34. The van der Waals surface area contributed by atoms with Gasteiger partial charge in [-0.05, 0) is 51.0 Å². The third-order valence-corrected chi connectivity index (χ3v) is 2.91. The molecular formula is C14H19ClN2O2. The SMILES string of the molecule is CC/C(C)=N/NC(=O)[C@@H](C)Oc1ccc(Cl)cc1C. The van der Waals surface area contributed by atoms with Crippen LogP contribution in [0.4, 0.5) is 0 Å². The number of carbonyl (C=O) groups is 1. The van der Waals surface area contributed by atoms with Crippen molar-refractivity contribution in [2.75, 3.05) is 0 Å². The van der Waals surface area contributed by atoms with Crippen LogP contribution in [0.2, 0.25) is 5.02 Å². The topological polar surface area (TPSA) is 50.7 Å². The average molecular weight is 283 g/mol. The lowest BCUT2D eigenvalue weighted by molar-refractivity contribution is -0.127. The van der Waals surface area contributed by atoms with Gasteiger partial charge >= 0.3 is 0 Å². The number of hydrazone groups is 1. The molecule has 1 rings (SSSR count). The van der Waals surface area contributed by atoms with Crippen molar-refractivity contribution in [2.45, 2.75) is 40.2 Å². The van der Waals surface area contributed by atoms with E-state index in [9.17, 15) is 4.79 Å². The minimum absolute atomic E-state index is 0.276. The van der Waals surface area contributed by atoms with Gasteiger partial charge in [0.05, 0.1) is 0 Å². The summed E-state index contributed by atoms with van der Waals surface area (Å²) in [6.07, 6.45) is 0.180. The van der Waals surface area contributed by atoms with Gasteiger partial charge in [0.1, 0.15) is 5.75 Å². The molecule has 1 amide bonds. The molecule has 4 nitrogen and oxygen atoms in total. The molecule has 1 N–H and O–H groups in total. The number of hydrogen-bond acceptors (Lipinski definition) is 3. The van der Waals surface area contributed by atoms with Gasteiger partial charge in [0.15, 0.2) is 6.10 Å². The summed E-state index contributed by atoms with van der Waals surface area (Å²) in [5.74, 6) is 0.366. The van der Waals surface area contributed by atoms with Crippen LogP contribution in [0.5, 0.6) is 5.75 Å². The molecule has 0 spiro atoms. The summed E-state index contributed by atoms with van der Waals surface area (Å²) < 4.78 is 5.59. The maximum Gasteiger partial charge on any atom is 0.280 e. The molecule has 0 aliphatic heterocycles. The van der Waals surface area contributed by atoms with Gasteiger partial charge in [-0.3, -0.25) is 4.79 Å². The summed E-state index contributed by atoms with van der Waals surface area (Å²) in [5, 5.41) is 4.60. The molecule has 0 aliphatic carbocycles. The number of hydrogen-bond donors (Lipinski definition) is 1. The van der Waals surface area contributed by atoms with E-state index in [0.717, 1.165) is 17.7 Å². The van der Waals surface area contributed by atoms with Crippen molar-refractivity contribution in [1.82, 2.24) is 5.43 Å². The molecule has 1 atom stereocenters. The molecule has 1 aromatic carbocycles. The molecule has 0 unspecified atom stereocenters. The summed E-state index contributed by atoms with van der Waals surface area (Å²) in [7, 11) is 0. The predicted molar refractivity (Wildman–Crippen MR) is 77.8 cm³/mol. The van der Waals surface area contributed by atoms with Crippen molar-refractivity contribution >= 4 is 23.2 Å². The van der Waals surface area contributed by atoms with Crippen LogP contribution in [0, 0.1) is 6.92 Å². The number of carbonyl (C=O) groups excluding carboxylic acids is 1. The second-order valence-corrected chi connectivity index (χ2v) is 4.78. The van der Waals surface area contributed by atoms with Crippen LogP contribution >= 0.6 is 11.6 Å². The number of aryl methyl sites for hydroxylation is 1. The largest absolute Gasteiger partial charge is 0.481 e. The molecular weight excluding hydrogens is 264 g/mol. The Bertz CT molecular complexity index is 486. The normalized spacial score (nSPS) is 13.0. The number of ether oxygens (including phenoxy) is 1. The van der Waals surface area contributed by atoms with Crippen LogP contribution in [0.25, 0.3) is 0 Å². The summed E-state index contributed by atoms with van der Waals surface area (Å²) in [5.41, 5.74) is 4.24. The van der Waals surface area contributed by atoms with Crippen LogP contribution in [-0.2, 0) is 4.79 Å². The standard InChI is InChI=1S/C14H19ClN2O2/c1-5-10(3)16-17-14(18)11(4)19-13-7-6-12(15)8-9(13)2/h6-8,11H,5H2,1-4H3,(H,17,18)/b16-10+/t11-/m1/s1. The first-order valence-electron chi connectivity index (χ1n) is 6.19. The molecule has 5 heteroatoms. The summed E-state index contributed by atoms with van der Waals surface area (Å²) >= 11 is 5.86. The Morgan fingerprint density at radius 2 is 2.21 bits per heavy atom. The zero-order valence-electron chi connectivity index (χ0n) is 11.7. The second kappa shape index (κ2) is 7.14. The first-order chi connectivity index (χ1) is 8.93. The maximum atomic E-state index is 11.8. The van der Waals surface area contributed by atoms with E-state index in [0.29, 0.717) is 10.8 Å². The van der Waals surface area contributed by atoms with Gasteiger partial charge in [0.25, 0.3) is 5.91 Å². The molecule has 0 aromatic heterocycles. The van der Waals surface area contributed by atoms with Gasteiger partial charge in [0.2, 0.25) is 0 Å². The summed E-state index contributed by atoms with van der Waals surface area (Å²) in [6.45, 7) is 7.39. The molecule has 0 saturated carbocycles. The Hall–Kier alpha value is -1.55. The molecule has 0 bridgehead atoms. The fourth-order valence-electron chi connectivity index (χ4n) is 1.31. The maximum absolute atomic E-state index is 11.8. The van der Waals surface area contributed by atoms with Crippen LogP contribution in [0.3, 0.4) is 0 Å². The highest BCUT2D eigenvalue weighted by molar-refractivity contribution is 6.30. The van der Waals surface area contributed by atoms with E-state index in [-0.39, 0.29) is 5.91 Å². The third kappa shape index (κ3) is 4.91. The van der Waals surface area contributed by atoms with Crippen molar-refractivity contribution in [3.63, 3.8) is 0 Å². The number of nitrogens with one attached hydrogen (secondary N) is 1. The fourth-order valence-corrected chi connectivity index (χ4v) is 1.54. The molecule has 0 radical (unpaired) electrons. The van der Waals surface area contributed by atoms with Crippen molar-refractivity contribution in [3.05, 3.63) is 28.8 Å². The minimum atomic E-state index is -0.617. The van der Waals surface area contributed by atoms with Gasteiger partial charge in [-0.2, -0.15) is 5.10 Å². The van der Waals surface area contributed by atoms with Crippen LogP contribution in [0.1, 0.15) is 32.8 Å². The van der Waals surface area contributed by atoms with Crippen LogP contribution in [-0.4, -0.2) is 17.7 Å². The van der Waals surface area contributed by atoms with Gasteiger partial charge in [0, 0.05) is 10.7 Å². The average Bonchev–Trinajstić information content (AvgIpc) is 2.38. The van der Waals surface area contributed by atoms with E-state index in [4.69, 9.17) is 16.3 Å². The molecule has 0 saturated heterocycles. The van der Waals surface area contributed by atoms with Crippen molar-refractivity contribution in [1.29, 1.82) is 0 Å². The van der Waals surface area contributed by atoms with Crippen LogP contribution < -0.4 is 10.2 Å². The first-order valence-corrected chi connectivity index (χ1v) is 6.57. The van der Waals surface area contributed by atoms with E-state index in [2.05, 4.69) is 10.5 Å². The van der Waals surface area contributed by atoms with Crippen LogP contribution in [0.15, 0.2) is 23.3 Å². The summed E-state index contributed by atoms with van der Waals surface area (Å²) in [4.78, 5) is 11.8. The molecule has 1 aromatic rings. The Morgan fingerprint density at radius 3 is 2.79 bits per heavy atom. The van der Waals surface area contributed by atoms with E-state index >= 15 is 0 Å². The van der Waals surface area contributed by atoms with E-state index in [1.807, 2.05) is 20.8 Å². The highest BCUT2D eigenvalue weighted by atomic mass is 35.5. The predicted octanol–water partition coefficient (Wildman–Crippen LogP) is 3.32. The molecule has 0 fully saturated rings.